The van der Waals surface area contributed by atoms with Gasteiger partial charge < -0.3 is 24.7 Å². The van der Waals surface area contributed by atoms with Crippen molar-refractivity contribution in [2.24, 2.45) is 11.8 Å². The fourth-order valence-electron chi connectivity index (χ4n) is 14.1. The van der Waals surface area contributed by atoms with Crippen molar-refractivity contribution in [2.45, 2.75) is 213 Å². The van der Waals surface area contributed by atoms with Gasteiger partial charge in [-0.25, -0.2) is 0 Å². The van der Waals surface area contributed by atoms with Crippen molar-refractivity contribution in [1.29, 1.82) is 0 Å². The van der Waals surface area contributed by atoms with Crippen LogP contribution < -0.4 is 0 Å². The van der Waals surface area contributed by atoms with Gasteiger partial charge in [-0.05, 0) is 216 Å². The number of carbonyl (C=O) groups is 10. The van der Waals surface area contributed by atoms with Gasteiger partial charge in [0, 0.05) is 69.1 Å². The molecule has 2 saturated heterocycles. The Morgan fingerprint density at radius 2 is 0.677 bits per heavy atom. The van der Waals surface area contributed by atoms with E-state index in [4.69, 9.17) is 24.7 Å². The lowest BCUT2D eigenvalue weighted by atomic mass is 9.97. The molecule has 93 heavy (non-hydrogen) atoms. The van der Waals surface area contributed by atoms with Gasteiger partial charge in [-0.1, -0.05) is 25.0 Å². The van der Waals surface area contributed by atoms with Crippen LogP contribution in [0, 0.1) is 11.8 Å². The number of nitrogens with zero attached hydrogens (tertiary/aromatic N) is 5. The summed E-state index contributed by atoms with van der Waals surface area (Å²) in [5.74, 6) is -3.33. The maximum absolute atomic E-state index is 14.1. The summed E-state index contributed by atoms with van der Waals surface area (Å²) in [7, 11) is -22.4. The van der Waals surface area contributed by atoms with Crippen LogP contribution in [0.15, 0.2) is 48.6 Å². The fraction of sp³-hybridized carbons (Fsp3) is 0.619. The maximum atomic E-state index is 14.1. The first-order valence-electron chi connectivity index (χ1n) is 33.1. The van der Waals surface area contributed by atoms with Crippen LogP contribution in [0.2, 0.25) is 154 Å². The van der Waals surface area contributed by atoms with Crippen molar-refractivity contribution in [3.63, 3.8) is 0 Å². The average molecular weight is 1440 g/mol. The van der Waals surface area contributed by atoms with Gasteiger partial charge >= 0.3 is 25.7 Å². The minimum Gasteiger partial charge on any atom is -0.437 e. The van der Waals surface area contributed by atoms with E-state index in [9.17, 15) is 47.9 Å². The van der Waals surface area contributed by atoms with Gasteiger partial charge in [0.2, 0.25) is 23.6 Å². The largest absolute Gasteiger partial charge is 0.437 e. The molecule has 0 aromatic heterocycles. The van der Waals surface area contributed by atoms with E-state index in [0.29, 0.717) is 48.1 Å². The second kappa shape index (κ2) is 28.6. The SMILES string of the molecule is CC(C)N1C(=O)CC(CCC[Si](C)(C)O[Si](C)(C)O[Si](C)(C)CCCC2CC(=O)N(CC[Si](C)(C)O[Si](C)(C)O[Si](C)(C)CCN3C(=O)c4ccc(-c5ccc6c(c5)C(=O)N(CC[Si](C)(C)O[Si](C)(C)O[Si](C)(C)CCN5C(=O)C=CC5=O)C6=O)cc4C3=O)C2=O)C1=O. The maximum Gasteiger partial charge on any atom is 0.311 e. The van der Waals surface area contributed by atoms with Crippen LogP contribution in [0.5, 0.6) is 0 Å². The zero-order chi connectivity index (χ0) is 69.6. The number of imide groups is 5. The Kier molecular flexibility index (Phi) is 23.3. The van der Waals surface area contributed by atoms with Crippen LogP contribution in [0.3, 0.4) is 0 Å². The third-order valence-electron chi connectivity index (χ3n) is 17.9. The molecular formula is C63H103N5O16Si9. The zero-order valence-electron chi connectivity index (χ0n) is 58.9. The van der Waals surface area contributed by atoms with Crippen LogP contribution >= 0.6 is 0 Å². The Morgan fingerprint density at radius 3 is 1.02 bits per heavy atom. The summed E-state index contributed by atoms with van der Waals surface area (Å²) in [6, 6.07) is 13.7. The molecular weight excluding hydrogens is 1340 g/mol. The van der Waals surface area contributed by atoms with Gasteiger partial charge in [0.15, 0.2) is 49.9 Å². The number of hydrogen-bond donors (Lipinski definition) is 0. The van der Waals surface area contributed by atoms with E-state index >= 15 is 0 Å². The molecule has 5 aliphatic heterocycles. The number of carbonyl (C=O) groups excluding carboxylic acids is 10. The first kappa shape index (κ1) is 76.0. The zero-order valence-corrected chi connectivity index (χ0v) is 67.9. The highest BCUT2D eigenvalue weighted by Gasteiger charge is 2.48. The number of benzene rings is 2. The summed E-state index contributed by atoms with van der Waals surface area (Å²) in [4.78, 5) is 139. The van der Waals surface area contributed by atoms with Crippen molar-refractivity contribution in [3.05, 3.63) is 70.8 Å². The van der Waals surface area contributed by atoms with Gasteiger partial charge in [0.1, 0.15) is 0 Å². The molecule has 512 valence electrons. The number of hydrogen-bond acceptors (Lipinski definition) is 16. The number of fused-ring (bicyclic) bond motifs is 2. The molecule has 0 saturated carbocycles. The lowest BCUT2D eigenvalue weighted by molar-refractivity contribution is -0.142. The Bertz CT molecular complexity index is 3310. The Labute approximate surface area is 560 Å². The molecule has 2 atom stereocenters. The predicted molar refractivity (Wildman–Crippen MR) is 380 cm³/mol. The first-order valence-corrected chi connectivity index (χ1v) is 60.2. The lowest BCUT2D eigenvalue weighted by Gasteiger charge is -2.39. The van der Waals surface area contributed by atoms with Crippen molar-refractivity contribution < 1.29 is 72.6 Å². The van der Waals surface area contributed by atoms with Crippen molar-refractivity contribution in [3.8, 4) is 11.1 Å². The van der Waals surface area contributed by atoms with Crippen LogP contribution in [0.1, 0.15) is 93.8 Å². The second-order valence-corrected chi connectivity index (χ2v) is 68.7. The molecule has 0 radical (unpaired) electrons. The van der Waals surface area contributed by atoms with Crippen LogP contribution in [-0.2, 0) is 53.5 Å². The van der Waals surface area contributed by atoms with E-state index in [1.807, 2.05) is 66.2 Å². The van der Waals surface area contributed by atoms with Crippen molar-refractivity contribution >= 4 is 135 Å². The van der Waals surface area contributed by atoms with Crippen LogP contribution in [-0.4, -0.2) is 191 Å². The number of amides is 10. The van der Waals surface area contributed by atoms with E-state index in [1.165, 1.54) is 36.7 Å². The summed E-state index contributed by atoms with van der Waals surface area (Å²) in [5.41, 5.74) is 2.31. The molecule has 21 nitrogen and oxygen atoms in total. The molecule has 0 N–H and O–H groups in total. The van der Waals surface area contributed by atoms with Gasteiger partial charge in [-0.2, -0.15) is 0 Å². The normalized spacial score (nSPS) is 19.0. The smallest absolute Gasteiger partial charge is 0.311 e. The van der Waals surface area contributed by atoms with Crippen molar-refractivity contribution in [1.82, 2.24) is 24.5 Å². The fourth-order valence-corrected chi connectivity index (χ4v) is 55.3. The number of rotatable bonds is 34. The van der Waals surface area contributed by atoms with Gasteiger partial charge in [0.25, 0.3) is 35.4 Å². The van der Waals surface area contributed by atoms with Gasteiger partial charge in [-0.15, -0.1) is 0 Å². The molecule has 10 amide bonds. The molecule has 2 unspecified atom stereocenters. The Morgan fingerprint density at radius 1 is 0.376 bits per heavy atom. The van der Waals surface area contributed by atoms with E-state index in [0.717, 1.165) is 24.9 Å². The van der Waals surface area contributed by atoms with Crippen LogP contribution in [0.25, 0.3) is 11.1 Å². The highest BCUT2D eigenvalue weighted by atomic mass is 28.5. The molecule has 2 aromatic rings. The van der Waals surface area contributed by atoms with Crippen LogP contribution in [0.4, 0.5) is 0 Å². The van der Waals surface area contributed by atoms with E-state index < -0.39 is 99.2 Å². The molecule has 5 aliphatic rings. The van der Waals surface area contributed by atoms with E-state index in [2.05, 4.69) is 65.5 Å². The topological polar surface area (TPSA) is 242 Å². The molecule has 5 heterocycles. The summed E-state index contributed by atoms with van der Waals surface area (Å²) in [6.07, 6.45) is 5.90. The molecule has 2 fully saturated rings. The van der Waals surface area contributed by atoms with Crippen molar-refractivity contribution in [2.75, 3.05) is 26.2 Å². The predicted octanol–water partition coefficient (Wildman–Crippen LogP) is 11.6. The number of likely N-dealkylation sites (tertiary alicyclic amines) is 2. The highest BCUT2D eigenvalue weighted by Crippen LogP contribution is 2.37. The average Bonchev–Trinajstić information content (AvgIpc) is 1.63. The standard InChI is InChI=1S/C63H103N5O16Si9/c1-45(2)68-57(72)44-49(59(68)74)24-22-36-86(5,6)80-91(15,16)79-85(3,4)35-21-23-48-43-56(71)65(58(48)73)32-38-88(9,10)82-93(19,20)84-90(13,14)40-34-67-61(76)51-28-26-47(42-53(51)63(67)78)46-25-27-50-52(41-46)62(77)66(60(50)75)33-39-89(11,12)83-92(17,18)81-87(7,8)37-31-64-54(69)29-30-55(64)70/h25-30,41-42,45,48-49H,21-24,31-40,43-44H2,1-20H3. The second-order valence-electron chi connectivity index (χ2n) is 31.2. The molecule has 0 bridgehead atoms. The molecule has 0 aliphatic carbocycles. The Hall–Kier alpha value is -4.41. The van der Waals surface area contributed by atoms with Gasteiger partial charge in [-0.3, -0.25) is 72.4 Å². The molecule has 0 spiro atoms. The molecule has 7 rings (SSSR count). The quantitative estimate of drug-likeness (QED) is 0.0467. The summed E-state index contributed by atoms with van der Waals surface area (Å²) in [5, 5.41) is 0. The van der Waals surface area contributed by atoms with E-state index in [-0.39, 0.29) is 115 Å². The minimum atomic E-state index is -2.82. The summed E-state index contributed by atoms with van der Waals surface area (Å²) < 4.78 is 40.9. The third kappa shape index (κ3) is 19.7. The summed E-state index contributed by atoms with van der Waals surface area (Å²) in [6.45, 7) is 42.0. The lowest BCUT2D eigenvalue weighted by Crippen LogP contribution is -2.53. The van der Waals surface area contributed by atoms with E-state index in [1.54, 1.807) is 36.4 Å². The first-order chi connectivity index (χ1) is 42.6. The highest BCUT2D eigenvalue weighted by molar-refractivity contribution is 6.89. The van der Waals surface area contributed by atoms with Gasteiger partial charge in [0.05, 0.1) is 22.3 Å². The molecule has 30 heteroatoms. The Balaban J connectivity index is 0.841. The third-order valence-corrected chi connectivity index (χ3v) is 51.7. The minimum absolute atomic E-state index is 0.0563. The summed E-state index contributed by atoms with van der Waals surface area (Å²) >= 11 is 0. The monoisotopic (exact) mass is 1440 g/mol. The molecule has 2 aromatic carbocycles.